The second-order valence-electron chi connectivity index (χ2n) is 5.13. The van der Waals surface area contributed by atoms with Gasteiger partial charge >= 0.3 is 5.69 Å². The average molecular weight is 313 g/mol. The van der Waals surface area contributed by atoms with Crippen molar-refractivity contribution >= 4 is 5.69 Å². The second kappa shape index (κ2) is 5.99. The van der Waals surface area contributed by atoms with E-state index in [2.05, 4.69) is 15.2 Å². The van der Waals surface area contributed by atoms with E-state index in [1.54, 1.807) is 18.5 Å². The Morgan fingerprint density at radius 2 is 2.00 bits per heavy atom. The highest BCUT2D eigenvalue weighted by atomic mass is 16.6. The SMILES string of the molecule is Cc1nn(CCc2nc(-c3ccccc3)no2)c(C)c1[N+](=O)[O-]. The maximum Gasteiger partial charge on any atom is 0.312 e. The molecule has 0 amide bonds. The molecule has 0 radical (unpaired) electrons. The van der Waals surface area contributed by atoms with E-state index in [1.165, 1.54) is 0 Å². The fourth-order valence-corrected chi connectivity index (χ4v) is 2.43. The van der Waals surface area contributed by atoms with Gasteiger partial charge in [0, 0.05) is 12.0 Å². The highest BCUT2D eigenvalue weighted by Gasteiger charge is 2.21. The molecule has 2 heterocycles. The predicted octanol–water partition coefficient (Wildman–Crippen LogP) is 2.70. The Morgan fingerprint density at radius 3 is 2.65 bits per heavy atom. The van der Waals surface area contributed by atoms with Crippen molar-refractivity contribution in [3.8, 4) is 11.4 Å². The fraction of sp³-hybridized carbons (Fsp3) is 0.267. The Morgan fingerprint density at radius 1 is 1.26 bits per heavy atom. The van der Waals surface area contributed by atoms with Crippen molar-refractivity contribution in [1.29, 1.82) is 0 Å². The Balaban J connectivity index is 1.74. The molecular formula is C15H15N5O3. The minimum atomic E-state index is -0.408. The summed E-state index contributed by atoms with van der Waals surface area (Å²) < 4.78 is 6.83. The zero-order chi connectivity index (χ0) is 16.4. The number of benzene rings is 1. The van der Waals surface area contributed by atoms with Crippen LogP contribution in [0.4, 0.5) is 5.69 Å². The molecule has 0 N–H and O–H groups in total. The number of rotatable bonds is 5. The number of hydrogen-bond donors (Lipinski definition) is 0. The van der Waals surface area contributed by atoms with Crippen LogP contribution in [0.15, 0.2) is 34.9 Å². The summed E-state index contributed by atoms with van der Waals surface area (Å²) in [7, 11) is 0. The maximum atomic E-state index is 11.0. The van der Waals surface area contributed by atoms with E-state index in [9.17, 15) is 10.1 Å². The lowest BCUT2D eigenvalue weighted by molar-refractivity contribution is -0.386. The maximum absolute atomic E-state index is 11.0. The molecule has 8 nitrogen and oxygen atoms in total. The lowest BCUT2D eigenvalue weighted by Gasteiger charge is -2.00. The number of nitro groups is 1. The van der Waals surface area contributed by atoms with Crippen molar-refractivity contribution in [3.63, 3.8) is 0 Å². The van der Waals surface area contributed by atoms with E-state index in [1.807, 2.05) is 30.3 Å². The first kappa shape index (κ1) is 14.9. The minimum Gasteiger partial charge on any atom is -0.339 e. The van der Waals surface area contributed by atoms with E-state index < -0.39 is 4.92 Å². The molecular weight excluding hydrogens is 298 g/mol. The summed E-state index contributed by atoms with van der Waals surface area (Å²) in [6.45, 7) is 3.75. The largest absolute Gasteiger partial charge is 0.339 e. The van der Waals surface area contributed by atoms with Gasteiger partial charge in [-0.3, -0.25) is 14.8 Å². The van der Waals surface area contributed by atoms with Crippen molar-refractivity contribution < 1.29 is 9.45 Å². The molecule has 0 aliphatic rings. The van der Waals surface area contributed by atoms with E-state index in [0.29, 0.717) is 36.1 Å². The van der Waals surface area contributed by atoms with Crippen LogP contribution in [0.5, 0.6) is 0 Å². The Bertz CT molecular complexity index is 838. The molecule has 118 valence electrons. The third kappa shape index (κ3) is 2.96. The first-order valence-corrected chi connectivity index (χ1v) is 7.12. The topological polar surface area (TPSA) is 99.9 Å². The quantitative estimate of drug-likeness (QED) is 0.530. The van der Waals surface area contributed by atoms with Gasteiger partial charge in [-0.2, -0.15) is 10.1 Å². The monoisotopic (exact) mass is 313 g/mol. The molecule has 0 saturated carbocycles. The summed E-state index contributed by atoms with van der Waals surface area (Å²) in [6, 6.07) is 9.53. The van der Waals surface area contributed by atoms with Crippen LogP contribution in [0.1, 0.15) is 17.3 Å². The van der Waals surface area contributed by atoms with E-state index in [-0.39, 0.29) is 5.69 Å². The lowest BCUT2D eigenvalue weighted by atomic mass is 10.2. The van der Waals surface area contributed by atoms with Gasteiger partial charge in [-0.25, -0.2) is 0 Å². The normalized spacial score (nSPS) is 10.9. The van der Waals surface area contributed by atoms with Crippen LogP contribution in [0.2, 0.25) is 0 Å². The summed E-state index contributed by atoms with van der Waals surface area (Å²) >= 11 is 0. The van der Waals surface area contributed by atoms with E-state index in [0.717, 1.165) is 5.56 Å². The minimum absolute atomic E-state index is 0.0560. The molecule has 2 aromatic heterocycles. The second-order valence-corrected chi connectivity index (χ2v) is 5.13. The molecule has 0 unspecified atom stereocenters. The molecule has 0 atom stereocenters. The van der Waals surface area contributed by atoms with Crippen molar-refractivity contribution in [2.45, 2.75) is 26.8 Å². The van der Waals surface area contributed by atoms with Gasteiger partial charge in [0.25, 0.3) is 0 Å². The lowest BCUT2D eigenvalue weighted by Crippen LogP contribution is -2.06. The predicted molar refractivity (Wildman–Crippen MR) is 81.8 cm³/mol. The standard InChI is InChI=1S/C15H15N5O3/c1-10-14(20(21)22)11(2)19(17-10)9-8-13-16-15(18-23-13)12-6-4-3-5-7-12/h3-7H,8-9H2,1-2H3. The Hall–Kier alpha value is -3.03. The van der Waals surface area contributed by atoms with Crippen LogP contribution < -0.4 is 0 Å². The molecule has 0 spiro atoms. The molecule has 3 rings (SSSR count). The van der Waals surface area contributed by atoms with E-state index >= 15 is 0 Å². The van der Waals surface area contributed by atoms with Crippen LogP contribution in [0.3, 0.4) is 0 Å². The van der Waals surface area contributed by atoms with E-state index in [4.69, 9.17) is 4.52 Å². The summed E-state index contributed by atoms with van der Waals surface area (Å²) in [4.78, 5) is 14.9. The van der Waals surface area contributed by atoms with Gasteiger partial charge in [0.2, 0.25) is 11.7 Å². The van der Waals surface area contributed by atoms with Crippen molar-refractivity contribution in [1.82, 2.24) is 19.9 Å². The third-order valence-electron chi connectivity index (χ3n) is 3.56. The number of nitrogens with zero attached hydrogens (tertiary/aromatic N) is 5. The molecule has 8 heteroatoms. The fourth-order valence-electron chi connectivity index (χ4n) is 2.43. The molecule has 0 bridgehead atoms. The van der Waals surface area contributed by atoms with Crippen LogP contribution in [0, 0.1) is 24.0 Å². The van der Waals surface area contributed by atoms with Crippen molar-refractivity contribution in [2.75, 3.05) is 0 Å². The third-order valence-corrected chi connectivity index (χ3v) is 3.56. The number of aryl methyl sites for hydroxylation is 3. The zero-order valence-corrected chi connectivity index (χ0v) is 12.8. The summed E-state index contributed by atoms with van der Waals surface area (Å²) in [6.07, 6.45) is 0.457. The van der Waals surface area contributed by atoms with Gasteiger partial charge in [-0.15, -0.1) is 0 Å². The summed E-state index contributed by atoms with van der Waals surface area (Å²) in [5.74, 6) is 0.999. The Labute approximate surface area is 131 Å². The van der Waals surface area contributed by atoms with Gasteiger partial charge in [0.1, 0.15) is 11.4 Å². The van der Waals surface area contributed by atoms with Crippen LogP contribution >= 0.6 is 0 Å². The van der Waals surface area contributed by atoms with Crippen molar-refractivity contribution in [2.24, 2.45) is 0 Å². The van der Waals surface area contributed by atoms with Gasteiger partial charge in [-0.05, 0) is 13.8 Å². The highest BCUT2D eigenvalue weighted by Crippen LogP contribution is 2.22. The van der Waals surface area contributed by atoms with Gasteiger partial charge in [0.05, 0.1) is 11.5 Å². The molecule has 23 heavy (non-hydrogen) atoms. The molecule has 0 saturated heterocycles. The molecule has 0 fully saturated rings. The highest BCUT2D eigenvalue weighted by molar-refractivity contribution is 5.53. The molecule has 0 aliphatic carbocycles. The van der Waals surface area contributed by atoms with Crippen LogP contribution in [0.25, 0.3) is 11.4 Å². The first-order valence-electron chi connectivity index (χ1n) is 7.12. The molecule has 3 aromatic rings. The molecule has 1 aromatic carbocycles. The van der Waals surface area contributed by atoms with Gasteiger partial charge in [0.15, 0.2) is 0 Å². The molecule has 0 aliphatic heterocycles. The van der Waals surface area contributed by atoms with Crippen LogP contribution in [-0.2, 0) is 13.0 Å². The number of aromatic nitrogens is 4. The van der Waals surface area contributed by atoms with Crippen molar-refractivity contribution in [3.05, 3.63) is 57.7 Å². The number of hydrogen-bond acceptors (Lipinski definition) is 6. The van der Waals surface area contributed by atoms with Gasteiger partial charge in [-0.1, -0.05) is 35.5 Å². The van der Waals surface area contributed by atoms with Gasteiger partial charge < -0.3 is 4.52 Å². The smallest absolute Gasteiger partial charge is 0.312 e. The first-order chi connectivity index (χ1) is 11.1. The van der Waals surface area contributed by atoms with Crippen LogP contribution in [-0.4, -0.2) is 24.8 Å². The summed E-state index contributed by atoms with van der Waals surface area (Å²) in [5.41, 5.74) is 1.86. The zero-order valence-electron chi connectivity index (χ0n) is 12.8. The Kier molecular flexibility index (Phi) is 3.88. The summed E-state index contributed by atoms with van der Waals surface area (Å²) in [5, 5.41) is 19.1. The average Bonchev–Trinajstić information content (AvgIpc) is 3.11.